The lowest BCUT2D eigenvalue weighted by Gasteiger charge is -2.43. The molecule has 2 aliphatic rings. The number of pyridine rings is 1. The Balaban J connectivity index is 1.54. The minimum absolute atomic E-state index is 0.0418. The zero-order chi connectivity index (χ0) is 23.3. The minimum atomic E-state index is -0.984. The summed E-state index contributed by atoms with van der Waals surface area (Å²) in [6.45, 7) is 5.01. The molecule has 0 bridgehead atoms. The van der Waals surface area contributed by atoms with Gasteiger partial charge in [0.1, 0.15) is 18.0 Å². The van der Waals surface area contributed by atoms with Gasteiger partial charge >= 0.3 is 0 Å². The molecule has 0 spiro atoms. The van der Waals surface area contributed by atoms with Gasteiger partial charge in [-0.05, 0) is 37.3 Å². The van der Waals surface area contributed by atoms with E-state index in [-0.39, 0.29) is 31.4 Å². The van der Waals surface area contributed by atoms with Crippen molar-refractivity contribution in [2.75, 3.05) is 52.6 Å². The second kappa shape index (κ2) is 10.5. The smallest absolute Gasteiger partial charge is 0.255 e. The first-order chi connectivity index (χ1) is 16.0. The highest BCUT2D eigenvalue weighted by Crippen LogP contribution is 2.27. The third-order valence-corrected chi connectivity index (χ3v) is 6.14. The lowest BCUT2D eigenvalue weighted by atomic mass is 9.96. The molecule has 1 atom stereocenters. The van der Waals surface area contributed by atoms with E-state index in [0.29, 0.717) is 61.5 Å². The fourth-order valence-electron chi connectivity index (χ4n) is 4.12. The number of amides is 2. The number of rotatable bonds is 6. The zero-order valence-corrected chi connectivity index (χ0v) is 19.4. The molecule has 0 N–H and O–H groups in total. The third kappa shape index (κ3) is 5.82. The molecule has 33 heavy (non-hydrogen) atoms. The number of hydrogen-bond donors (Lipinski definition) is 0. The predicted octanol–water partition coefficient (Wildman–Crippen LogP) is 2.58. The van der Waals surface area contributed by atoms with Gasteiger partial charge in [0.05, 0.1) is 38.3 Å². The maximum Gasteiger partial charge on any atom is 0.255 e. The summed E-state index contributed by atoms with van der Waals surface area (Å²) in [4.78, 5) is 34.2. The van der Waals surface area contributed by atoms with E-state index < -0.39 is 5.60 Å². The number of halogens is 1. The maximum atomic E-state index is 13.3. The van der Waals surface area contributed by atoms with E-state index in [9.17, 15) is 9.59 Å². The minimum Gasteiger partial charge on any atom is -0.490 e. The Bertz CT molecular complexity index is 998. The van der Waals surface area contributed by atoms with E-state index in [4.69, 9.17) is 25.8 Å². The van der Waals surface area contributed by atoms with Gasteiger partial charge in [-0.3, -0.25) is 14.6 Å². The summed E-state index contributed by atoms with van der Waals surface area (Å²) in [6, 6.07) is 10.6. The molecular weight excluding hydrogens is 446 g/mol. The van der Waals surface area contributed by atoms with Crippen LogP contribution in [0.3, 0.4) is 0 Å². The number of hydrogen-bond acceptors (Lipinski definition) is 6. The van der Waals surface area contributed by atoms with Gasteiger partial charge < -0.3 is 24.0 Å². The first kappa shape index (κ1) is 23.5. The van der Waals surface area contributed by atoms with Crippen LogP contribution in [0.25, 0.3) is 0 Å². The number of carbonyl (C=O) groups is 2. The van der Waals surface area contributed by atoms with Gasteiger partial charge in [0, 0.05) is 36.5 Å². The Kier molecular flexibility index (Phi) is 7.47. The van der Waals surface area contributed by atoms with Crippen LogP contribution < -0.4 is 4.74 Å². The molecule has 8 nitrogen and oxygen atoms in total. The van der Waals surface area contributed by atoms with Crippen LogP contribution in [0.4, 0.5) is 0 Å². The number of nitrogens with zero attached hydrogens (tertiary/aromatic N) is 3. The number of morpholine rings is 2. The third-order valence-electron chi connectivity index (χ3n) is 5.91. The van der Waals surface area contributed by atoms with Crippen molar-refractivity contribution in [3.8, 4) is 5.75 Å². The molecule has 0 aliphatic carbocycles. The Morgan fingerprint density at radius 3 is 2.67 bits per heavy atom. The number of carbonyl (C=O) groups excluding carboxylic acids is 2. The zero-order valence-electron chi connectivity index (χ0n) is 18.7. The summed E-state index contributed by atoms with van der Waals surface area (Å²) in [7, 11) is 0. The SMILES string of the molecule is Cc1ncccc1C(=O)N1CCO[C@@](COc2cccc(Cl)c2)(CC(=O)N2CCOCC2)C1. The molecule has 1 aromatic heterocycles. The standard InChI is InChI=1S/C24H28ClN3O5/c1-18-21(6-3-7-26-18)23(30)28-10-13-33-24(16-28,15-22(29)27-8-11-31-12-9-27)17-32-20-5-2-4-19(25)14-20/h2-7,14H,8-13,15-17H2,1H3/t24-/m0/s1. The molecule has 1 aromatic carbocycles. The van der Waals surface area contributed by atoms with Crippen LogP contribution in [0.5, 0.6) is 5.75 Å². The number of ether oxygens (including phenoxy) is 3. The first-order valence-corrected chi connectivity index (χ1v) is 11.4. The van der Waals surface area contributed by atoms with E-state index in [2.05, 4.69) is 4.98 Å². The monoisotopic (exact) mass is 473 g/mol. The molecule has 2 aliphatic heterocycles. The van der Waals surface area contributed by atoms with Gasteiger partial charge in [-0.2, -0.15) is 0 Å². The topological polar surface area (TPSA) is 81.2 Å². The van der Waals surface area contributed by atoms with Crippen LogP contribution in [-0.2, 0) is 14.3 Å². The lowest BCUT2D eigenvalue weighted by molar-refractivity contribution is -0.155. The normalized spacial score (nSPS) is 21.0. The summed E-state index contributed by atoms with van der Waals surface area (Å²) < 4.78 is 17.6. The van der Waals surface area contributed by atoms with Crippen molar-refractivity contribution in [2.45, 2.75) is 18.9 Å². The fraction of sp³-hybridized carbons (Fsp3) is 0.458. The van der Waals surface area contributed by atoms with Crippen molar-refractivity contribution in [3.63, 3.8) is 0 Å². The van der Waals surface area contributed by atoms with E-state index >= 15 is 0 Å². The second-order valence-corrected chi connectivity index (χ2v) is 8.75. The molecule has 4 rings (SSSR count). The van der Waals surface area contributed by atoms with Crippen LogP contribution in [0.1, 0.15) is 22.5 Å². The highest BCUT2D eigenvalue weighted by Gasteiger charge is 2.42. The lowest BCUT2D eigenvalue weighted by Crippen LogP contribution is -2.58. The van der Waals surface area contributed by atoms with Crippen LogP contribution >= 0.6 is 11.6 Å². The molecule has 176 valence electrons. The first-order valence-electron chi connectivity index (χ1n) is 11.0. The molecule has 2 amide bonds. The van der Waals surface area contributed by atoms with Crippen LogP contribution in [0.2, 0.25) is 5.02 Å². The van der Waals surface area contributed by atoms with Crippen molar-refractivity contribution >= 4 is 23.4 Å². The second-order valence-electron chi connectivity index (χ2n) is 8.31. The van der Waals surface area contributed by atoms with Crippen LogP contribution in [0.15, 0.2) is 42.6 Å². The van der Waals surface area contributed by atoms with Gasteiger partial charge in [0.25, 0.3) is 5.91 Å². The molecular formula is C24H28ClN3O5. The highest BCUT2D eigenvalue weighted by molar-refractivity contribution is 6.30. The van der Waals surface area contributed by atoms with Crippen LogP contribution in [0, 0.1) is 6.92 Å². The summed E-state index contributed by atoms with van der Waals surface area (Å²) >= 11 is 6.09. The molecule has 2 aromatic rings. The number of aryl methyl sites for hydroxylation is 1. The Morgan fingerprint density at radius 1 is 1.12 bits per heavy atom. The molecule has 0 radical (unpaired) electrons. The van der Waals surface area contributed by atoms with Crippen molar-refractivity contribution in [1.29, 1.82) is 0 Å². The summed E-state index contributed by atoms with van der Waals surface area (Å²) in [5, 5.41) is 0.555. The summed E-state index contributed by atoms with van der Waals surface area (Å²) in [6.07, 6.45) is 1.76. The van der Waals surface area contributed by atoms with Crippen LogP contribution in [-0.4, -0.2) is 84.8 Å². The van der Waals surface area contributed by atoms with E-state index in [1.54, 1.807) is 52.4 Å². The van der Waals surface area contributed by atoms with E-state index in [1.807, 2.05) is 6.92 Å². The molecule has 9 heteroatoms. The molecule has 2 saturated heterocycles. The Hall–Kier alpha value is -2.68. The average molecular weight is 474 g/mol. The number of aromatic nitrogens is 1. The Morgan fingerprint density at radius 2 is 1.91 bits per heavy atom. The molecule has 3 heterocycles. The van der Waals surface area contributed by atoms with Crippen molar-refractivity contribution in [3.05, 3.63) is 58.9 Å². The molecule has 2 fully saturated rings. The van der Waals surface area contributed by atoms with Gasteiger partial charge in [0.15, 0.2) is 0 Å². The highest BCUT2D eigenvalue weighted by atomic mass is 35.5. The average Bonchev–Trinajstić information content (AvgIpc) is 2.83. The van der Waals surface area contributed by atoms with Gasteiger partial charge in [0.2, 0.25) is 5.91 Å². The maximum absolute atomic E-state index is 13.3. The van der Waals surface area contributed by atoms with Gasteiger partial charge in [-0.1, -0.05) is 17.7 Å². The van der Waals surface area contributed by atoms with E-state index in [0.717, 1.165) is 0 Å². The largest absolute Gasteiger partial charge is 0.490 e. The number of benzene rings is 1. The fourth-order valence-corrected chi connectivity index (χ4v) is 4.30. The van der Waals surface area contributed by atoms with E-state index in [1.165, 1.54) is 0 Å². The Labute approximate surface area is 198 Å². The van der Waals surface area contributed by atoms with Crippen molar-refractivity contribution in [2.24, 2.45) is 0 Å². The van der Waals surface area contributed by atoms with Gasteiger partial charge in [-0.25, -0.2) is 0 Å². The molecule has 0 saturated carbocycles. The predicted molar refractivity (Wildman–Crippen MR) is 123 cm³/mol. The quantitative estimate of drug-likeness (QED) is 0.641. The summed E-state index contributed by atoms with van der Waals surface area (Å²) in [5.41, 5.74) is 0.226. The van der Waals surface area contributed by atoms with Crippen molar-refractivity contribution < 1.29 is 23.8 Å². The molecule has 0 unspecified atom stereocenters. The summed E-state index contributed by atoms with van der Waals surface area (Å²) in [5.74, 6) is 0.408. The van der Waals surface area contributed by atoms with Gasteiger partial charge in [-0.15, -0.1) is 0 Å². The van der Waals surface area contributed by atoms with Crippen molar-refractivity contribution in [1.82, 2.24) is 14.8 Å².